The summed E-state index contributed by atoms with van der Waals surface area (Å²) in [5.41, 5.74) is 1.53. The highest BCUT2D eigenvalue weighted by molar-refractivity contribution is 9.10. The lowest BCUT2D eigenvalue weighted by atomic mass is 10.1. The van der Waals surface area contributed by atoms with E-state index in [1.54, 1.807) is 25.7 Å². The summed E-state index contributed by atoms with van der Waals surface area (Å²) in [6.07, 6.45) is 4.49. The Morgan fingerprint density at radius 1 is 1.39 bits per heavy atom. The van der Waals surface area contributed by atoms with Crippen molar-refractivity contribution in [3.05, 3.63) is 52.5 Å². The normalized spacial score (nSPS) is 12.2. The van der Waals surface area contributed by atoms with E-state index in [9.17, 15) is 5.11 Å². The predicted octanol–water partition coefficient (Wildman–Crippen LogP) is 2.52. The Bertz CT molecular complexity index is 520. The monoisotopic (exact) mass is 308 g/mol. The van der Waals surface area contributed by atoms with Crippen LogP contribution in [0.25, 0.3) is 0 Å². The zero-order valence-electron chi connectivity index (χ0n) is 9.88. The van der Waals surface area contributed by atoms with Crippen molar-refractivity contribution < 1.29 is 9.84 Å². The molecule has 5 heteroatoms. The van der Waals surface area contributed by atoms with Gasteiger partial charge in [0, 0.05) is 23.3 Å². The molecule has 0 aliphatic heterocycles. The Balaban J connectivity index is 2.18. The van der Waals surface area contributed by atoms with Crippen molar-refractivity contribution in [1.29, 1.82) is 0 Å². The summed E-state index contributed by atoms with van der Waals surface area (Å²) in [5, 5.41) is 10.1. The molecule has 0 spiro atoms. The average Bonchev–Trinajstić information content (AvgIpc) is 2.42. The molecule has 1 atom stereocenters. The van der Waals surface area contributed by atoms with Crippen LogP contribution in [0.4, 0.5) is 0 Å². The molecule has 0 fully saturated rings. The Morgan fingerprint density at radius 2 is 2.22 bits per heavy atom. The first-order valence-electron chi connectivity index (χ1n) is 5.47. The van der Waals surface area contributed by atoms with Crippen LogP contribution >= 0.6 is 15.9 Å². The van der Waals surface area contributed by atoms with Crippen molar-refractivity contribution >= 4 is 15.9 Å². The van der Waals surface area contributed by atoms with Gasteiger partial charge in [0.25, 0.3) is 0 Å². The molecule has 0 saturated carbocycles. The number of aromatic nitrogens is 2. The molecule has 2 rings (SSSR count). The Morgan fingerprint density at radius 3 is 2.89 bits per heavy atom. The van der Waals surface area contributed by atoms with Gasteiger partial charge in [-0.25, -0.2) is 0 Å². The Hall–Kier alpha value is -1.46. The zero-order valence-corrected chi connectivity index (χ0v) is 11.5. The SMILES string of the molecule is COc1ccc(Br)c(CC(O)c2cnccn2)c1. The highest BCUT2D eigenvalue weighted by Crippen LogP contribution is 2.26. The van der Waals surface area contributed by atoms with Gasteiger partial charge in [0.15, 0.2) is 0 Å². The van der Waals surface area contributed by atoms with Gasteiger partial charge < -0.3 is 9.84 Å². The lowest BCUT2D eigenvalue weighted by molar-refractivity contribution is 0.173. The molecule has 0 bridgehead atoms. The molecular formula is C13H13BrN2O2. The third kappa shape index (κ3) is 3.05. The number of aliphatic hydroxyl groups is 1. The maximum absolute atomic E-state index is 10.1. The lowest BCUT2D eigenvalue weighted by Gasteiger charge is -2.12. The molecule has 1 heterocycles. The molecule has 1 aromatic heterocycles. The molecule has 1 aromatic carbocycles. The summed E-state index contributed by atoms with van der Waals surface area (Å²) in [7, 11) is 1.62. The molecule has 0 amide bonds. The minimum atomic E-state index is -0.679. The van der Waals surface area contributed by atoms with Gasteiger partial charge in [-0.05, 0) is 23.8 Å². The lowest BCUT2D eigenvalue weighted by Crippen LogP contribution is -2.05. The first kappa shape index (κ1) is 13.0. The van der Waals surface area contributed by atoms with E-state index in [4.69, 9.17) is 4.74 Å². The van der Waals surface area contributed by atoms with Crippen molar-refractivity contribution in [2.75, 3.05) is 7.11 Å². The number of hydrogen-bond donors (Lipinski definition) is 1. The van der Waals surface area contributed by atoms with E-state index in [-0.39, 0.29) is 0 Å². The third-order valence-electron chi connectivity index (χ3n) is 2.59. The smallest absolute Gasteiger partial charge is 0.119 e. The summed E-state index contributed by atoms with van der Waals surface area (Å²) >= 11 is 3.46. The van der Waals surface area contributed by atoms with E-state index in [1.165, 1.54) is 0 Å². The van der Waals surface area contributed by atoms with Gasteiger partial charge in [0.05, 0.1) is 19.0 Å². The highest BCUT2D eigenvalue weighted by atomic mass is 79.9. The summed E-state index contributed by atoms with van der Waals surface area (Å²) in [5.74, 6) is 0.763. The number of benzene rings is 1. The predicted molar refractivity (Wildman–Crippen MR) is 71.4 cm³/mol. The van der Waals surface area contributed by atoms with Gasteiger partial charge >= 0.3 is 0 Å². The Labute approximate surface area is 114 Å². The quantitative estimate of drug-likeness (QED) is 0.943. The second-order valence-electron chi connectivity index (χ2n) is 3.81. The number of hydrogen-bond acceptors (Lipinski definition) is 4. The maximum atomic E-state index is 10.1. The fourth-order valence-electron chi connectivity index (χ4n) is 1.63. The van der Waals surface area contributed by atoms with Gasteiger partial charge in [-0.2, -0.15) is 0 Å². The maximum Gasteiger partial charge on any atom is 0.119 e. The van der Waals surface area contributed by atoms with Gasteiger partial charge in [0.1, 0.15) is 11.9 Å². The van der Waals surface area contributed by atoms with Crippen molar-refractivity contribution in [1.82, 2.24) is 9.97 Å². The first-order valence-corrected chi connectivity index (χ1v) is 6.26. The summed E-state index contributed by atoms with van der Waals surface area (Å²) in [6, 6.07) is 5.66. The molecule has 0 saturated heterocycles. The number of halogens is 1. The van der Waals surface area contributed by atoms with Crippen LogP contribution < -0.4 is 4.74 Å². The minimum Gasteiger partial charge on any atom is -0.497 e. The molecule has 1 unspecified atom stereocenters. The van der Waals surface area contributed by atoms with Crippen molar-refractivity contribution in [3.8, 4) is 5.75 Å². The average molecular weight is 309 g/mol. The van der Waals surface area contributed by atoms with Gasteiger partial charge in [-0.3, -0.25) is 9.97 Å². The van der Waals surface area contributed by atoms with Crippen LogP contribution in [-0.2, 0) is 6.42 Å². The molecule has 0 aliphatic rings. The standard InChI is InChI=1S/C13H13BrN2O2/c1-18-10-2-3-11(14)9(6-10)7-13(17)12-8-15-4-5-16-12/h2-6,8,13,17H,7H2,1H3. The number of aliphatic hydroxyl groups excluding tert-OH is 1. The second-order valence-corrected chi connectivity index (χ2v) is 4.66. The van der Waals surface area contributed by atoms with E-state index in [0.717, 1.165) is 15.8 Å². The summed E-state index contributed by atoms with van der Waals surface area (Å²) in [6.45, 7) is 0. The van der Waals surface area contributed by atoms with Crippen LogP contribution in [0.5, 0.6) is 5.75 Å². The van der Waals surface area contributed by atoms with Gasteiger partial charge in [0.2, 0.25) is 0 Å². The third-order valence-corrected chi connectivity index (χ3v) is 3.36. The fourth-order valence-corrected chi connectivity index (χ4v) is 2.04. The summed E-state index contributed by atoms with van der Waals surface area (Å²) < 4.78 is 6.10. The van der Waals surface area contributed by atoms with Gasteiger partial charge in [-0.1, -0.05) is 15.9 Å². The molecule has 2 aromatic rings. The van der Waals surface area contributed by atoms with E-state index >= 15 is 0 Å². The number of rotatable bonds is 4. The van der Waals surface area contributed by atoms with Crippen LogP contribution in [-0.4, -0.2) is 22.2 Å². The van der Waals surface area contributed by atoms with Gasteiger partial charge in [-0.15, -0.1) is 0 Å². The largest absolute Gasteiger partial charge is 0.497 e. The van der Waals surface area contributed by atoms with Crippen LogP contribution in [0.1, 0.15) is 17.4 Å². The molecule has 1 N–H and O–H groups in total. The summed E-state index contributed by atoms with van der Waals surface area (Å²) in [4.78, 5) is 8.03. The van der Waals surface area contributed by atoms with Crippen LogP contribution in [0.3, 0.4) is 0 Å². The zero-order chi connectivity index (χ0) is 13.0. The Kier molecular flexibility index (Phi) is 4.28. The molecule has 0 aliphatic carbocycles. The number of methoxy groups -OCH3 is 1. The molecule has 0 radical (unpaired) electrons. The van der Waals surface area contributed by atoms with Crippen molar-refractivity contribution in [3.63, 3.8) is 0 Å². The molecular weight excluding hydrogens is 296 g/mol. The topological polar surface area (TPSA) is 55.2 Å². The fraction of sp³-hybridized carbons (Fsp3) is 0.231. The molecule has 94 valence electrons. The van der Waals surface area contributed by atoms with Crippen LogP contribution in [0.15, 0.2) is 41.3 Å². The highest BCUT2D eigenvalue weighted by Gasteiger charge is 2.12. The minimum absolute atomic E-state index is 0.455. The van der Waals surface area contributed by atoms with Crippen LogP contribution in [0.2, 0.25) is 0 Å². The number of ether oxygens (including phenoxy) is 1. The van der Waals surface area contributed by atoms with E-state index in [2.05, 4.69) is 25.9 Å². The number of nitrogens with zero attached hydrogens (tertiary/aromatic N) is 2. The van der Waals surface area contributed by atoms with E-state index < -0.39 is 6.10 Å². The first-order chi connectivity index (χ1) is 8.70. The van der Waals surface area contributed by atoms with Crippen molar-refractivity contribution in [2.24, 2.45) is 0 Å². The second kappa shape index (κ2) is 5.93. The molecule has 4 nitrogen and oxygen atoms in total. The molecule has 18 heavy (non-hydrogen) atoms. The van der Waals surface area contributed by atoms with E-state index in [0.29, 0.717) is 12.1 Å². The van der Waals surface area contributed by atoms with Crippen LogP contribution in [0, 0.1) is 0 Å². The van der Waals surface area contributed by atoms with Crippen molar-refractivity contribution in [2.45, 2.75) is 12.5 Å². The van der Waals surface area contributed by atoms with E-state index in [1.807, 2.05) is 18.2 Å².